The molecular formula is C15H19N3O4S. The van der Waals surface area contributed by atoms with Crippen molar-refractivity contribution in [1.82, 2.24) is 14.9 Å². The maximum atomic E-state index is 12.2. The fourth-order valence-corrected chi connectivity index (χ4v) is 2.79. The van der Waals surface area contributed by atoms with Crippen LogP contribution in [0.2, 0.25) is 0 Å². The van der Waals surface area contributed by atoms with E-state index in [-0.39, 0.29) is 0 Å². The summed E-state index contributed by atoms with van der Waals surface area (Å²) in [6.07, 6.45) is -0.908. The zero-order valence-electron chi connectivity index (χ0n) is 13.1. The molecule has 1 heterocycles. The third-order valence-electron chi connectivity index (χ3n) is 2.86. The summed E-state index contributed by atoms with van der Waals surface area (Å²) in [6, 6.07) is 7.37. The van der Waals surface area contributed by atoms with Crippen LogP contribution in [0, 0.1) is 0 Å². The average molecular weight is 337 g/mol. The van der Waals surface area contributed by atoms with E-state index in [9.17, 15) is 9.59 Å². The van der Waals surface area contributed by atoms with Gasteiger partial charge in [-0.15, -0.1) is 0 Å². The van der Waals surface area contributed by atoms with Crippen molar-refractivity contribution < 1.29 is 19.1 Å². The smallest absolute Gasteiger partial charge is 0.420 e. The molecule has 8 heteroatoms. The third-order valence-corrected chi connectivity index (χ3v) is 3.80. The van der Waals surface area contributed by atoms with E-state index < -0.39 is 12.2 Å². The summed E-state index contributed by atoms with van der Waals surface area (Å²) in [4.78, 5) is 27.8. The van der Waals surface area contributed by atoms with E-state index in [1.807, 2.05) is 24.3 Å². The molecule has 1 N–H and O–H groups in total. The zero-order valence-corrected chi connectivity index (χ0v) is 13.9. The Morgan fingerprint density at radius 2 is 1.96 bits per heavy atom. The Hall–Kier alpha value is -2.22. The predicted octanol–water partition coefficient (Wildman–Crippen LogP) is 2.88. The summed E-state index contributed by atoms with van der Waals surface area (Å²) in [5, 5.41) is 3.16. The van der Waals surface area contributed by atoms with Crippen molar-refractivity contribution in [2.75, 3.05) is 25.5 Å². The zero-order chi connectivity index (χ0) is 16.7. The fraction of sp³-hybridized carbons (Fsp3) is 0.400. The first-order valence-corrected chi connectivity index (χ1v) is 8.34. The number of nitrogens with zero attached hydrogens (tertiary/aromatic N) is 2. The largest absolute Gasteiger partial charge is 0.450 e. The summed E-state index contributed by atoms with van der Waals surface area (Å²) in [5.41, 5.74) is 1.42. The molecule has 7 nitrogen and oxygen atoms in total. The number of aromatic nitrogens is 2. The second-order valence-corrected chi connectivity index (χ2v) is 5.48. The van der Waals surface area contributed by atoms with Gasteiger partial charge >= 0.3 is 12.2 Å². The maximum Gasteiger partial charge on any atom is 0.420 e. The Labute approximate surface area is 138 Å². The SMILES string of the molecule is CCOC(=O)NCCSc1nc2ccccc2n1C(=O)OCC. The lowest BCUT2D eigenvalue weighted by Gasteiger charge is -2.08. The van der Waals surface area contributed by atoms with Gasteiger partial charge in [0.05, 0.1) is 24.2 Å². The molecule has 2 aromatic rings. The van der Waals surface area contributed by atoms with E-state index in [0.717, 1.165) is 5.52 Å². The molecule has 0 unspecified atom stereocenters. The molecule has 0 radical (unpaired) electrons. The second kappa shape index (κ2) is 8.42. The number of hydrogen-bond acceptors (Lipinski definition) is 6. The van der Waals surface area contributed by atoms with Gasteiger partial charge in [0, 0.05) is 12.3 Å². The van der Waals surface area contributed by atoms with Crippen LogP contribution >= 0.6 is 11.8 Å². The number of thioether (sulfide) groups is 1. The molecule has 0 bridgehead atoms. The number of hydrogen-bond donors (Lipinski definition) is 1. The van der Waals surface area contributed by atoms with E-state index in [2.05, 4.69) is 10.3 Å². The molecule has 23 heavy (non-hydrogen) atoms. The molecule has 1 amide bonds. The molecule has 0 spiro atoms. The van der Waals surface area contributed by atoms with Crippen molar-refractivity contribution in [1.29, 1.82) is 0 Å². The Bertz CT molecular complexity index is 686. The Balaban J connectivity index is 2.08. The molecule has 0 saturated carbocycles. The Kier molecular flexibility index (Phi) is 6.28. The monoisotopic (exact) mass is 337 g/mol. The van der Waals surface area contributed by atoms with Crippen LogP contribution in [0.1, 0.15) is 13.8 Å². The maximum absolute atomic E-state index is 12.2. The Morgan fingerprint density at radius 3 is 2.70 bits per heavy atom. The van der Waals surface area contributed by atoms with Gasteiger partial charge in [-0.3, -0.25) is 0 Å². The van der Waals surface area contributed by atoms with Gasteiger partial charge in [-0.2, -0.15) is 0 Å². The molecular weight excluding hydrogens is 318 g/mol. The second-order valence-electron chi connectivity index (χ2n) is 4.41. The van der Waals surface area contributed by atoms with Crippen LogP contribution in [0.25, 0.3) is 11.0 Å². The molecule has 2 rings (SSSR count). The van der Waals surface area contributed by atoms with E-state index >= 15 is 0 Å². The van der Waals surface area contributed by atoms with Crippen LogP contribution < -0.4 is 5.32 Å². The van der Waals surface area contributed by atoms with Gasteiger partial charge in [-0.25, -0.2) is 19.1 Å². The molecule has 0 atom stereocenters. The van der Waals surface area contributed by atoms with Crippen molar-refractivity contribution in [3.05, 3.63) is 24.3 Å². The molecule has 124 valence electrons. The normalized spacial score (nSPS) is 10.5. The summed E-state index contributed by atoms with van der Waals surface area (Å²) in [6.45, 7) is 4.54. The van der Waals surface area contributed by atoms with Crippen molar-refractivity contribution in [2.24, 2.45) is 0 Å². The van der Waals surface area contributed by atoms with Gasteiger partial charge in [0.2, 0.25) is 0 Å². The summed E-state index contributed by atoms with van der Waals surface area (Å²) in [5.74, 6) is 0.557. The molecule has 0 aliphatic rings. The number of para-hydroxylation sites is 2. The minimum absolute atomic E-state index is 0.292. The quantitative estimate of drug-likeness (QED) is 0.645. The van der Waals surface area contributed by atoms with Gasteiger partial charge in [0.1, 0.15) is 0 Å². The van der Waals surface area contributed by atoms with Crippen LogP contribution in [0.4, 0.5) is 9.59 Å². The van der Waals surface area contributed by atoms with E-state index in [1.165, 1.54) is 16.3 Å². The highest BCUT2D eigenvalue weighted by molar-refractivity contribution is 7.99. The lowest BCUT2D eigenvalue weighted by atomic mass is 10.3. The first kappa shape index (κ1) is 17.1. The standard InChI is InChI=1S/C15H19N3O4S/c1-3-21-14(19)16-9-10-23-13-17-11-7-5-6-8-12(11)18(13)15(20)22-4-2/h5-8H,3-4,9-10H2,1-2H3,(H,16,19). The van der Waals surface area contributed by atoms with Crippen LogP contribution in [-0.4, -0.2) is 47.2 Å². The summed E-state index contributed by atoms with van der Waals surface area (Å²) >= 11 is 1.37. The van der Waals surface area contributed by atoms with Gasteiger partial charge in [-0.1, -0.05) is 23.9 Å². The van der Waals surface area contributed by atoms with Gasteiger partial charge < -0.3 is 14.8 Å². The number of nitrogens with one attached hydrogen (secondary N) is 1. The number of fused-ring (bicyclic) bond motifs is 1. The average Bonchev–Trinajstić information content (AvgIpc) is 2.90. The number of benzene rings is 1. The number of alkyl carbamates (subject to hydrolysis) is 1. The first-order chi connectivity index (χ1) is 11.2. The van der Waals surface area contributed by atoms with Gasteiger partial charge in [-0.05, 0) is 26.0 Å². The highest BCUT2D eigenvalue weighted by Crippen LogP contribution is 2.24. The van der Waals surface area contributed by atoms with Gasteiger partial charge in [0.15, 0.2) is 5.16 Å². The lowest BCUT2D eigenvalue weighted by molar-refractivity contribution is 0.151. The van der Waals surface area contributed by atoms with Crippen molar-refractivity contribution in [3.63, 3.8) is 0 Å². The van der Waals surface area contributed by atoms with Crippen molar-refractivity contribution in [3.8, 4) is 0 Å². The van der Waals surface area contributed by atoms with E-state index in [4.69, 9.17) is 9.47 Å². The third kappa shape index (κ3) is 4.38. The van der Waals surface area contributed by atoms with E-state index in [0.29, 0.717) is 36.2 Å². The number of carbonyl (C=O) groups excluding carboxylic acids is 2. The van der Waals surface area contributed by atoms with Gasteiger partial charge in [0.25, 0.3) is 0 Å². The topological polar surface area (TPSA) is 82.5 Å². The van der Waals surface area contributed by atoms with Crippen LogP contribution in [0.3, 0.4) is 0 Å². The summed E-state index contributed by atoms with van der Waals surface area (Å²) < 4.78 is 11.3. The van der Waals surface area contributed by atoms with Crippen molar-refractivity contribution >= 4 is 35.0 Å². The molecule has 0 saturated heterocycles. The summed E-state index contributed by atoms with van der Waals surface area (Å²) in [7, 11) is 0. The minimum Gasteiger partial charge on any atom is -0.450 e. The number of ether oxygens (including phenoxy) is 2. The minimum atomic E-state index is -0.456. The molecule has 1 aromatic heterocycles. The number of imidazole rings is 1. The molecule has 0 aliphatic carbocycles. The van der Waals surface area contributed by atoms with E-state index in [1.54, 1.807) is 13.8 Å². The molecule has 0 fully saturated rings. The highest BCUT2D eigenvalue weighted by Gasteiger charge is 2.17. The number of carbonyl (C=O) groups is 2. The fourth-order valence-electron chi connectivity index (χ4n) is 1.94. The molecule has 0 aliphatic heterocycles. The van der Waals surface area contributed by atoms with Crippen LogP contribution in [0.15, 0.2) is 29.4 Å². The van der Waals surface area contributed by atoms with Crippen molar-refractivity contribution in [2.45, 2.75) is 19.0 Å². The van der Waals surface area contributed by atoms with Crippen LogP contribution in [-0.2, 0) is 9.47 Å². The number of rotatable bonds is 6. The Morgan fingerprint density at radius 1 is 1.22 bits per heavy atom. The number of amides is 1. The lowest BCUT2D eigenvalue weighted by Crippen LogP contribution is -2.26. The predicted molar refractivity (Wildman–Crippen MR) is 87.9 cm³/mol. The highest BCUT2D eigenvalue weighted by atomic mass is 32.2. The first-order valence-electron chi connectivity index (χ1n) is 7.35. The molecule has 1 aromatic carbocycles. The van der Waals surface area contributed by atoms with Crippen LogP contribution in [0.5, 0.6) is 0 Å².